The van der Waals surface area contributed by atoms with E-state index in [4.69, 9.17) is 16.6 Å². The van der Waals surface area contributed by atoms with Gasteiger partial charge in [0, 0.05) is 11.3 Å². The third kappa shape index (κ3) is 4.63. The minimum absolute atomic E-state index is 0.0313. The van der Waals surface area contributed by atoms with Crippen LogP contribution < -0.4 is 10.6 Å². The molecule has 0 bridgehead atoms. The zero-order valence-corrected chi connectivity index (χ0v) is 18.6. The first-order valence-electron chi connectivity index (χ1n) is 10.4. The maximum atomic E-state index is 12.4. The molecule has 0 aliphatic heterocycles. The summed E-state index contributed by atoms with van der Waals surface area (Å²) in [5.41, 5.74) is 5.22. The Morgan fingerprint density at radius 1 is 1.00 bits per heavy atom. The molecular weight excluding hydrogens is 422 g/mol. The van der Waals surface area contributed by atoms with Crippen LogP contribution in [0.3, 0.4) is 0 Å². The van der Waals surface area contributed by atoms with E-state index in [0.29, 0.717) is 28.3 Å². The monoisotopic (exact) mass is 445 g/mol. The molecule has 1 heterocycles. The second-order valence-electron chi connectivity index (χ2n) is 7.37. The predicted octanol–water partition coefficient (Wildman–Crippen LogP) is 5.45. The van der Waals surface area contributed by atoms with E-state index < -0.39 is 0 Å². The van der Waals surface area contributed by atoms with Gasteiger partial charge in [-0.15, -0.1) is 0 Å². The number of carbonyl (C=O) groups is 1. The highest BCUT2D eigenvalue weighted by Gasteiger charge is 2.15. The second-order valence-corrected chi connectivity index (χ2v) is 7.77. The number of hydrogen-bond donors (Lipinski definition) is 3. The van der Waals surface area contributed by atoms with Crippen LogP contribution in [0.25, 0.3) is 22.6 Å². The van der Waals surface area contributed by atoms with Crippen molar-refractivity contribution in [2.75, 3.05) is 5.32 Å². The molecule has 162 valence electrons. The number of aromatic hydroxyl groups is 1. The summed E-state index contributed by atoms with van der Waals surface area (Å²) in [6.07, 6.45) is 1.81. The zero-order valence-electron chi connectivity index (χ0n) is 17.8. The third-order valence-corrected chi connectivity index (χ3v) is 5.40. The van der Waals surface area contributed by atoms with E-state index in [1.165, 1.54) is 6.07 Å². The van der Waals surface area contributed by atoms with Gasteiger partial charge in [0.2, 0.25) is 5.89 Å². The first-order valence-corrected chi connectivity index (χ1v) is 10.8. The van der Waals surface area contributed by atoms with Crippen molar-refractivity contribution in [1.29, 1.82) is 0 Å². The molecule has 0 fully saturated rings. The molecule has 3 N–H and O–H groups in total. The number of rotatable bonds is 5. The molecule has 0 aliphatic carbocycles. The highest BCUT2D eigenvalue weighted by molar-refractivity contribution is 7.80. The van der Waals surface area contributed by atoms with Gasteiger partial charge in [-0.3, -0.25) is 10.1 Å². The summed E-state index contributed by atoms with van der Waals surface area (Å²) in [6, 6.07) is 18.1. The molecule has 6 nitrogen and oxygen atoms in total. The summed E-state index contributed by atoms with van der Waals surface area (Å²) in [5.74, 6) is 0.0407. The van der Waals surface area contributed by atoms with E-state index >= 15 is 0 Å². The Bertz CT molecular complexity index is 1300. The largest absolute Gasteiger partial charge is 0.507 e. The van der Waals surface area contributed by atoms with E-state index in [-0.39, 0.29) is 16.8 Å². The summed E-state index contributed by atoms with van der Waals surface area (Å²) >= 11 is 5.29. The summed E-state index contributed by atoms with van der Waals surface area (Å²) < 4.78 is 5.83. The topological polar surface area (TPSA) is 87.4 Å². The van der Waals surface area contributed by atoms with Crippen molar-refractivity contribution in [2.45, 2.75) is 26.7 Å². The molecule has 1 aromatic heterocycles. The average Bonchev–Trinajstić information content (AvgIpc) is 3.23. The van der Waals surface area contributed by atoms with E-state index in [1.807, 2.05) is 30.3 Å². The molecule has 3 aromatic carbocycles. The van der Waals surface area contributed by atoms with E-state index in [9.17, 15) is 9.90 Å². The van der Waals surface area contributed by atoms with Gasteiger partial charge < -0.3 is 14.8 Å². The van der Waals surface area contributed by atoms with Gasteiger partial charge in [-0.25, -0.2) is 4.98 Å². The number of nitrogens with one attached hydrogen (secondary N) is 2. The molecule has 0 atom stereocenters. The standard InChI is InChI=1S/C25H23N3O3S/c1-3-15-5-8-17(9-6-15)23(30)28-25(32)26-18-10-11-21(29)19(14-18)24-27-20-13-16(4-2)7-12-22(20)31-24/h5-14,29H,3-4H2,1-2H3,(H2,26,28,30,32). The zero-order chi connectivity index (χ0) is 22.7. The van der Waals surface area contributed by atoms with Gasteiger partial charge >= 0.3 is 0 Å². The van der Waals surface area contributed by atoms with Crippen molar-refractivity contribution in [2.24, 2.45) is 0 Å². The van der Waals surface area contributed by atoms with Crippen LogP contribution in [0.15, 0.2) is 65.1 Å². The van der Waals surface area contributed by atoms with Crippen LogP contribution in [0.5, 0.6) is 5.75 Å². The third-order valence-electron chi connectivity index (χ3n) is 5.20. The number of phenolic OH excluding ortho intramolecular Hbond substituents is 1. The van der Waals surface area contributed by atoms with Gasteiger partial charge in [0.25, 0.3) is 5.91 Å². The number of benzene rings is 3. The van der Waals surface area contributed by atoms with Crippen LogP contribution in [0.1, 0.15) is 35.3 Å². The molecule has 32 heavy (non-hydrogen) atoms. The van der Waals surface area contributed by atoms with Crippen molar-refractivity contribution in [3.63, 3.8) is 0 Å². The van der Waals surface area contributed by atoms with Gasteiger partial charge in [0.05, 0.1) is 5.56 Å². The first-order chi connectivity index (χ1) is 15.5. The molecule has 4 rings (SSSR count). The lowest BCUT2D eigenvalue weighted by Gasteiger charge is -2.11. The van der Waals surface area contributed by atoms with Crippen LogP contribution in [-0.4, -0.2) is 21.1 Å². The Labute approximate surface area is 191 Å². The first kappa shape index (κ1) is 21.5. The van der Waals surface area contributed by atoms with Crippen LogP contribution in [0.2, 0.25) is 0 Å². The van der Waals surface area contributed by atoms with Crippen molar-refractivity contribution in [1.82, 2.24) is 10.3 Å². The molecule has 0 radical (unpaired) electrons. The Kier molecular flexibility index (Phi) is 6.18. The van der Waals surface area contributed by atoms with Crippen molar-refractivity contribution in [3.05, 3.63) is 77.4 Å². The molecule has 0 spiro atoms. The number of aromatic nitrogens is 1. The Morgan fingerprint density at radius 3 is 2.44 bits per heavy atom. The smallest absolute Gasteiger partial charge is 0.257 e. The molecule has 0 saturated carbocycles. The Morgan fingerprint density at radius 2 is 1.72 bits per heavy atom. The maximum absolute atomic E-state index is 12.4. The van der Waals surface area contributed by atoms with Crippen molar-refractivity contribution >= 4 is 40.0 Å². The SMILES string of the molecule is CCc1ccc(C(=O)NC(=S)Nc2ccc(O)c(-c3nc4cc(CC)ccc4o3)c2)cc1. The number of thiocarbonyl (C=S) groups is 1. The lowest BCUT2D eigenvalue weighted by atomic mass is 10.1. The highest BCUT2D eigenvalue weighted by atomic mass is 32.1. The fourth-order valence-electron chi connectivity index (χ4n) is 3.32. The molecule has 7 heteroatoms. The fraction of sp³-hybridized carbons (Fsp3) is 0.160. The van der Waals surface area contributed by atoms with Crippen LogP contribution in [0, 0.1) is 0 Å². The van der Waals surface area contributed by atoms with E-state index in [0.717, 1.165) is 29.5 Å². The number of fused-ring (bicyclic) bond motifs is 1. The Hall–Kier alpha value is -3.71. The van der Waals surface area contributed by atoms with Gasteiger partial charge in [0.1, 0.15) is 11.3 Å². The number of hydrogen-bond acceptors (Lipinski definition) is 5. The molecule has 0 unspecified atom stereocenters. The summed E-state index contributed by atoms with van der Waals surface area (Å²) in [7, 11) is 0. The minimum Gasteiger partial charge on any atom is -0.507 e. The Balaban J connectivity index is 1.51. The quantitative estimate of drug-likeness (QED) is 0.280. The summed E-state index contributed by atoms with van der Waals surface area (Å²) in [5, 5.41) is 16.1. The lowest BCUT2D eigenvalue weighted by Crippen LogP contribution is -2.34. The number of oxazole rings is 1. The van der Waals surface area contributed by atoms with Crippen molar-refractivity contribution in [3.8, 4) is 17.2 Å². The molecular formula is C25H23N3O3S. The van der Waals surface area contributed by atoms with Gasteiger partial charge in [0.15, 0.2) is 10.7 Å². The highest BCUT2D eigenvalue weighted by Crippen LogP contribution is 2.33. The number of anilines is 1. The molecule has 4 aromatic rings. The number of phenols is 1. The van der Waals surface area contributed by atoms with Crippen LogP contribution in [-0.2, 0) is 12.8 Å². The number of aryl methyl sites for hydroxylation is 2. The van der Waals surface area contributed by atoms with Crippen molar-refractivity contribution < 1.29 is 14.3 Å². The summed E-state index contributed by atoms with van der Waals surface area (Å²) in [6.45, 7) is 4.13. The normalized spacial score (nSPS) is 10.8. The van der Waals surface area contributed by atoms with Gasteiger partial charge in [-0.1, -0.05) is 32.0 Å². The number of carbonyl (C=O) groups excluding carboxylic acids is 1. The predicted molar refractivity (Wildman–Crippen MR) is 130 cm³/mol. The van der Waals surface area contributed by atoms with E-state index in [2.05, 4.69) is 29.5 Å². The number of nitrogens with zero attached hydrogens (tertiary/aromatic N) is 1. The molecule has 0 saturated heterocycles. The summed E-state index contributed by atoms with van der Waals surface area (Å²) in [4.78, 5) is 17.0. The minimum atomic E-state index is -0.296. The fourth-order valence-corrected chi connectivity index (χ4v) is 3.53. The maximum Gasteiger partial charge on any atom is 0.257 e. The molecule has 1 amide bonds. The van der Waals surface area contributed by atoms with Gasteiger partial charge in [-0.2, -0.15) is 0 Å². The second kappa shape index (κ2) is 9.20. The van der Waals surface area contributed by atoms with Crippen LogP contribution >= 0.6 is 12.2 Å². The average molecular weight is 446 g/mol. The van der Waals surface area contributed by atoms with E-state index in [1.54, 1.807) is 24.3 Å². The van der Waals surface area contributed by atoms with Crippen LogP contribution in [0.4, 0.5) is 5.69 Å². The van der Waals surface area contributed by atoms with Gasteiger partial charge in [-0.05, 0) is 78.7 Å². The lowest BCUT2D eigenvalue weighted by molar-refractivity contribution is 0.0977. The number of amides is 1. The molecule has 0 aliphatic rings.